The molecule has 0 radical (unpaired) electrons. The lowest BCUT2D eigenvalue weighted by Gasteiger charge is -1.97. The molecule has 20 heavy (non-hydrogen) atoms. The van der Waals surface area contributed by atoms with Gasteiger partial charge in [-0.3, -0.25) is 0 Å². The van der Waals surface area contributed by atoms with Gasteiger partial charge in [0.2, 0.25) is 0 Å². The van der Waals surface area contributed by atoms with Crippen LogP contribution in [0, 0.1) is 0 Å². The first kappa shape index (κ1) is 12.2. The number of aromatic amines is 1. The van der Waals surface area contributed by atoms with Crippen LogP contribution < -0.4 is 0 Å². The van der Waals surface area contributed by atoms with Crippen LogP contribution in [-0.4, -0.2) is 20.1 Å². The standard InChI is InChI=1S/C13H11ClN4OS/c14-9-3-10-12(15-5-9)18-13(17-10)20-6-8-4-16-19-11(8)7-1-2-7/h3-5,7H,1-2,6H2,(H,15,17,18). The molecule has 1 N–H and O–H groups in total. The molecule has 1 saturated carbocycles. The van der Waals surface area contributed by atoms with Crippen molar-refractivity contribution in [2.45, 2.75) is 29.7 Å². The van der Waals surface area contributed by atoms with E-state index < -0.39 is 0 Å². The number of fused-ring (bicyclic) bond motifs is 1. The van der Waals surface area contributed by atoms with Crippen molar-refractivity contribution in [1.82, 2.24) is 20.1 Å². The van der Waals surface area contributed by atoms with Gasteiger partial charge in [0.05, 0.1) is 16.7 Å². The Bertz CT molecular complexity index is 765. The average molecular weight is 307 g/mol. The number of hydrogen-bond acceptors (Lipinski definition) is 5. The molecule has 3 aromatic heterocycles. The first-order chi connectivity index (χ1) is 9.79. The zero-order chi connectivity index (χ0) is 13.5. The van der Waals surface area contributed by atoms with E-state index in [1.807, 2.05) is 6.07 Å². The monoisotopic (exact) mass is 306 g/mol. The van der Waals surface area contributed by atoms with E-state index in [-0.39, 0.29) is 0 Å². The Morgan fingerprint density at radius 3 is 3.15 bits per heavy atom. The SMILES string of the molecule is Clc1cnc2nc(SCc3cnoc3C3CC3)[nH]c2c1. The van der Waals surface area contributed by atoms with Crippen LogP contribution in [0.1, 0.15) is 30.1 Å². The van der Waals surface area contributed by atoms with Crippen LogP contribution in [0.25, 0.3) is 11.2 Å². The van der Waals surface area contributed by atoms with Crippen molar-refractivity contribution in [3.63, 3.8) is 0 Å². The summed E-state index contributed by atoms with van der Waals surface area (Å²) < 4.78 is 5.33. The van der Waals surface area contributed by atoms with Crippen molar-refractivity contribution in [1.29, 1.82) is 0 Å². The predicted octanol–water partition coefficient (Wildman–Crippen LogP) is 3.77. The Hall–Kier alpha value is -1.53. The molecular formula is C13H11ClN4OS. The molecule has 0 atom stereocenters. The second-order valence-corrected chi connectivity index (χ2v) is 6.25. The maximum Gasteiger partial charge on any atom is 0.178 e. The van der Waals surface area contributed by atoms with Crippen LogP contribution in [0.3, 0.4) is 0 Å². The average Bonchev–Trinajstić information content (AvgIpc) is 3.03. The third kappa shape index (κ3) is 2.29. The van der Waals surface area contributed by atoms with E-state index in [0.717, 1.165) is 27.7 Å². The minimum absolute atomic E-state index is 0.573. The summed E-state index contributed by atoms with van der Waals surface area (Å²) in [5.41, 5.74) is 2.70. The van der Waals surface area contributed by atoms with Gasteiger partial charge in [-0.2, -0.15) is 0 Å². The third-order valence-corrected chi connectivity index (χ3v) is 4.40. The summed E-state index contributed by atoms with van der Waals surface area (Å²) >= 11 is 7.53. The molecule has 7 heteroatoms. The van der Waals surface area contributed by atoms with E-state index in [2.05, 4.69) is 20.1 Å². The Kier molecular flexibility index (Phi) is 2.93. The van der Waals surface area contributed by atoms with Crippen molar-refractivity contribution >= 4 is 34.5 Å². The lowest BCUT2D eigenvalue weighted by Crippen LogP contribution is -1.85. The van der Waals surface area contributed by atoms with Crippen LogP contribution >= 0.6 is 23.4 Å². The smallest absolute Gasteiger partial charge is 0.178 e. The van der Waals surface area contributed by atoms with E-state index in [4.69, 9.17) is 16.1 Å². The van der Waals surface area contributed by atoms with E-state index in [1.54, 1.807) is 24.2 Å². The van der Waals surface area contributed by atoms with E-state index in [9.17, 15) is 0 Å². The number of aromatic nitrogens is 4. The molecule has 0 aromatic carbocycles. The highest BCUT2D eigenvalue weighted by Gasteiger charge is 2.30. The van der Waals surface area contributed by atoms with Gasteiger partial charge in [0, 0.05) is 23.4 Å². The molecule has 0 amide bonds. The van der Waals surface area contributed by atoms with Gasteiger partial charge in [0.15, 0.2) is 10.8 Å². The molecule has 3 aromatic rings. The van der Waals surface area contributed by atoms with Gasteiger partial charge in [0.25, 0.3) is 0 Å². The fourth-order valence-corrected chi connectivity index (χ4v) is 3.13. The lowest BCUT2D eigenvalue weighted by atomic mass is 10.2. The molecule has 1 aliphatic carbocycles. The van der Waals surface area contributed by atoms with E-state index in [1.165, 1.54) is 12.8 Å². The van der Waals surface area contributed by atoms with Crippen LogP contribution in [0.5, 0.6) is 0 Å². The predicted molar refractivity (Wildman–Crippen MR) is 76.9 cm³/mol. The highest BCUT2D eigenvalue weighted by molar-refractivity contribution is 7.98. The van der Waals surface area contributed by atoms with Crippen molar-refractivity contribution in [3.8, 4) is 0 Å². The molecule has 0 bridgehead atoms. The zero-order valence-electron chi connectivity index (χ0n) is 10.5. The van der Waals surface area contributed by atoms with Crippen molar-refractivity contribution in [2.24, 2.45) is 0 Å². The van der Waals surface area contributed by atoms with Gasteiger partial charge >= 0.3 is 0 Å². The van der Waals surface area contributed by atoms with Crippen LogP contribution in [-0.2, 0) is 5.75 Å². The van der Waals surface area contributed by atoms with Crippen molar-refractivity contribution in [3.05, 3.63) is 34.8 Å². The van der Waals surface area contributed by atoms with Crippen LogP contribution in [0.15, 0.2) is 28.1 Å². The van der Waals surface area contributed by atoms with Crippen LogP contribution in [0.4, 0.5) is 0 Å². The summed E-state index contributed by atoms with van der Waals surface area (Å²) in [5, 5.41) is 5.34. The number of hydrogen-bond donors (Lipinski definition) is 1. The zero-order valence-corrected chi connectivity index (χ0v) is 12.0. The normalized spacial score (nSPS) is 15.1. The molecular weight excluding hydrogens is 296 g/mol. The number of rotatable bonds is 4. The molecule has 0 saturated heterocycles. The topological polar surface area (TPSA) is 67.6 Å². The summed E-state index contributed by atoms with van der Waals surface area (Å²) in [6, 6.07) is 1.83. The molecule has 0 spiro atoms. The molecule has 3 heterocycles. The van der Waals surface area contributed by atoms with E-state index in [0.29, 0.717) is 16.6 Å². The number of thioether (sulfide) groups is 1. The molecule has 4 rings (SSSR count). The molecule has 0 aliphatic heterocycles. The Labute approximate surface area is 124 Å². The fraction of sp³-hybridized carbons (Fsp3) is 0.308. The minimum Gasteiger partial charge on any atom is -0.361 e. The Morgan fingerprint density at radius 1 is 1.40 bits per heavy atom. The molecule has 102 valence electrons. The first-order valence-corrected chi connectivity index (χ1v) is 7.73. The second-order valence-electron chi connectivity index (χ2n) is 4.84. The summed E-state index contributed by atoms with van der Waals surface area (Å²) in [4.78, 5) is 11.8. The summed E-state index contributed by atoms with van der Waals surface area (Å²) in [7, 11) is 0. The number of pyridine rings is 1. The van der Waals surface area contributed by atoms with E-state index >= 15 is 0 Å². The number of H-pyrrole nitrogens is 1. The van der Waals surface area contributed by atoms with Crippen molar-refractivity contribution < 1.29 is 4.52 Å². The second kappa shape index (κ2) is 4.79. The number of imidazole rings is 1. The molecule has 1 aliphatic rings. The molecule has 0 unspecified atom stereocenters. The molecule has 5 nitrogen and oxygen atoms in total. The molecule has 1 fully saturated rings. The fourth-order valence-electron chi connectivity index (χ4n) is 2.13. The van der Waals surface area contributed by atoms with Gasteiger partial charge < -0.3 is 9.51 Å². The van der Waals surface area contributed by atoms with Gasteiger partial charge in [-0.05, 0) is 18.9 Å². The Balaban J connectivity index is 1.53. The van der Waals surface area contributed by atoms with Crippen molar-refractivity contribution in [2.75, 3.05) is 0 Å². The minimum atomic E-state index is 0.573. The highest BCUT2D eigenvalue weighted by atomic mass is 35.5. The highest BCUT2D eigenvalue weighted by Crippen LogP contribution is 2.42. The van der Waals surface area contributed by atoms with Gasteiger partial charge in [-0.25, -0.2) is 9.97 Å². The number of halogens is 1. The maximum atomic E-state index is 5.91. The number of nitrogens with one attached hydrogen (secondary N) is 1. The summed E-state index contributed by atoms with van der Waals surface area (Å²) in [6.07, 6.45) is 5.82. The summed E-state index contributed by atoms with van der Waals surface area (Å²) in [6.45, 7) is 0. The Morgan fingerprint density at radius 2 is 2.30 bits per heavy atom. The largest absolute Gasteiger partial charge is 0.361 e. The first-order valence-electron chi connectivity index (χ1n) is 6.37. The van der Waals surface area contributed by atoms with Gasteiger partial charge in [-0.1, -0.05) is 28.5 Å². The van der Waals surface area contributed by atoms with Crippen LogP contribution in [0.2, 0.25) is 5.02 Å². The lowest BCUT2D eigenvalue weighted by molar-refractivity contribution is 0.383. The third-order valence-electron chi connectivity index (χ3n) is 3.27. The van der Waals surface area contributed by atoms with Gasteiger partial charge in [-0.15, -0.1) is 0 Å². The maximum absolute atomic E-state index is 5.91. The quantitative estimate of drug-likeness (QED) is 0.743. The summed E-state index contributed by atoms with van der Waals surface area (Å²) in [5.74, 6) is 2.40. The van der Waals surface area contributed by atoms with Gasteiger partial charge in [0.1, 0.15) is 5.76 Å². The number of nitrogens with zero attached hydrogens (tertiary/aromatic N) is 3.